The Morgan fingerprint density at radius 1 is 0.833 bits per heavy atom. The average molecular weight is 405 g/mol. The highest BCUT2D eigenvalue weighted by atomic mass is 16.5. The summed E-state index contributed by atoms with van der Waals surface area (Å²) in [4.78, 5) is 12.6. The molecule has 3 rings (SSSR count). The Morgan fingerprint density at radius 2 is 1.53 bits per heavy atom. The van der Waals surface area contributed by atoms with Crippen LogP contribution in [-0.4, -0.2) is 22.6 Å². The highest BCUT2D eigenvalue weighted by molar-refractivity contribution is 6.00. The maximum absolute atomic E-state index is 12.6. The van der Waals surface area contributed by atoms with E-state index in [0.717, 1.165) is 36.8 Å². The van der Waals surface area contributed by atoms with E-state index in [1.54, 1.807) is 6.07 Å². The molecule has 0 amide bonds. The highest BCUT2D eigenvalue weighted by Crippen LogP contribution is 2.29. The summed E-state index contributed by atoms with van der Waals surface area (Å²) < 4.78 is 5.63. The molecule has 0 aliphatic carbocycles. The van der Waals surface area contributed by atoms with Gasteiger partial charge in [-0.2, -0.15) is 0 Å². The van der Waals surface area contributed by atoms with Crippen molar-refractivity contribution in [2.45, 2.75) is 39.0 Å². The zero-order valence-electron chi connectivity index (χ0n) is 17.3. The zero-order valence-corrected chi connectivity index (χ0v) is 17.3. The van der Waals surface area contributed by atoms with Gasteiger partial charge in [-0.15, -0.1) is 0 Å². The molecule has 0 fully saturated rings. The van der Waals surface area contributed by atoms with Gasteiger partial charge >= 0.3 is 0 Å². The van der Waals surface area contributed by atoms with E-state index in [4.69, 9.17) is 4.74 Å². The van der Waals surface area contributed by atoms with Gasteiger partial charge in [-0.1, -0.05) is 68.7 Å². The molecule has 156 valence electrons. The fourth-order valence-electron chi connectivity index (χ4n) is 3.39. The molecule has 0 saturated carbocycles. The summed E-state index contributed by atoms with van der Waals surface area (Å²) in [7, 11) is 0. The minimum absolute atomic E-state index is 0.0259. The van der Waals surface area contributed by atoms with Gasteiger partial charge in [0.1, 0.15) is 17.2 Å². The number of phenolic OH excluding ortho intramolecular Hbond substituents is 2. The standard InChI is InChI=1S/C26H28O4/c1-2-3-4-6-11-21-16-23(25(28)17-24(21)27)26(29)18-30-22-14-12-20(13-15-22)19-9-7-5-8-10-19/h5,7-10,12-17,27-28H,2-4,6,11,18H2,1H3. The van der Waals surface area contributed by atoms with Gasteiger partial charge < -0.3 is 14.9 Å². The molecule has 0 aliphatic rings. The first-order chi connectivity index (χ1) is 14.6. The van der Waals surface area contributed by atoms with Crippen molar-refractivity contribution in [1.29, 1.82) is 0 Å². The molecule has 30 heavy (non-hydrogen) atoms. The third-order valence-corrected chi connectivity index (χ3v) is 5.13. The molecule has 0 bridgehead atoms. The number of hydrogen-bond acceptors (Lipinski definition) is 4. The molecule has 0 saturated heterocycles. The maximum Gasteiger partial charge on any atom is 0.203 e. The van der Waals surface area contributed by atoms with Crippen LogP contribution in [0.25, 0.3) is 11.1 Å². The first kappa shape index (κ1) is 21.4. The SMILES string of the molecule is CCCCCCc1cc(C(=O)COc2ccc(-c3ccccc3)cc2)c(O)cc1O. The van der Waals surface area contributed by atoms with Crippen LogP contribution in [0, 0.1) is 0 Å². The van der Waals surface area contributed by atoms with E-state index in [9.17, 15) is 15.0 Å². The van der Waals surface area contributed by atoms with E-state index >= 15 is 0 Å². The molecule has 0 radical (unpaired) electrons. The van der Waals surface area contributed by atoms with Crippen molar-refractivity contribution in [3.63, 3.8) is 0 Å². The minimum atomic E-state index is -0.325. The van der Waals surface area contributed by atoms with Gasteiger partial charge in [0.05, 0.1) is 5.56 Å². The Labute approximate surface area is 177 Å². The van der Waals surface area contributed by atoms with E-state index in [2.05, 4.69) is 6.92 Å². The van der Waals surface area contributed by atoms with Gasteiger partial charge in [-0.25, -0.2) is 0 Å². The minimum Gasteiger partial charge on any atom is -0.508 e. The zero-order chi connectivity index (χ0) is 21.3. The Balaban J connectivity index is 1.62. The fraction of sp³-hybridized carbons (Fsp3) is 0.269. The van der Waals surface area contributed by atoms with Gasteiger partial charge in [0.2, 0.25) is 5.78 Å². The van der Waals surface area contributed by atoms with Crippen LogP contribution in [0.1, 0.15) is 48.5 Å². The molecule has 3 aromatic rings. The number of carbonyl (C=O) groups is 1. The lowest BCUT2D eigenvalue weighted by atomic mass is 10.0. The topological polar surface area (TPSA) is 66.8 Å². The molecule has 0 aromatic heterocycles. The largest absolute Gasteiger partial charge is 0.508 e. The number of hydrogen-bond donors (Lipinski definition) is 2. The van der Waals surface area contributed by atoms with Crippen LogP contribution in [0.5, 0.6) is 17.2 Å². The Hall–Kier alpha value is -3.27. The third-order valence-electron chi connectivity index (χ3n) is 5.13. The molecule has 2 N–H and O–H groups in total. The van der Waals surface area contributed by atoms with Crippen LogP contribution in [0.15, 0.2) is 66.7 Å². The summed E-state index contributed by atoms with van der Waals surface area (Å²) >= 11 is 0. The Bertz CT molecular complexity index is 962. The second-order valence-electron chi connectivity index (χ2n) is 7.41. The molecule has 3 aromatic carbocycles. The number of unbranched alkanes of at least 4 members (excludes halogenated alkanes) is 3. The smallest absolute Gasteiger partial charge is 0.203 e. The average Bonchev–Trinajstić information content (AvgIpc) is 2.77. The molecule has 0 spiro atoms. The lowest BCUT2D eigenvalue weighted by molar-refractivity contribution is 0.0918. The number of Topliss-reactive ketones (excluding diaryl/α,β-unsaturated/α-hetero) is 1. The molecule has 0 unspecified atom stereocenters. The number of carbonyl (C=O) groups excluding carboxylic acids is 1. The third kappa shape index (κ3) is 5.63. The molecule has 4 heteroatoms. The maximum atomic E-state index is 12.6. The van der Waals surface area contributed by atoms with Crippen LogP contribution in [0.4, 0.5) is 0 Å². The molecule has 4 nitrogen and oxygen atoms in total. The second kappa shape index (κ2) is 10.5. The summed E-state index contributed by atoms with van der Waals surface area (Å²) in [6.45, 7) is 1.96. The lowest BCUT2D eigenvalue weighted by Crippen LogP contribution is -2.12. The summed E-state index contributed by atoms with van der Waals surface area (Å²) in [5.74, 6) is 0.0614. The van der Waals surface area contributed by atoms with Crippen molar-refractivity contribution >= 4 is 5.78 Å². The summed E-state index contributed by atoms with van der Waals surface area (Å²) in [6, 6.07) is 20.4. The molecule has 0 aliphatic heterocycles. The van der Waals surface area contributed by atoms with E-state index in [0.29, 0.717) is 17.7 Å². The van der Waals surface area contributed by atoms with Gasteiger partial charge in [0, 0.05) is 6.07 Å². The van der Waals surface area contributed by atoms with Crippen LogP contribution in [-0.2, 0) is 6.42 Å². The predicted molar refractivity (Wildman–Crippen MR) is 119 cm³/mol. The van der Waals surface area contributed by atoms with E-state index < -0.39 is 0 Å². The predicted octanol–water partition coefficient (Wildman–Crippen LogP) is 6.15. The van der Waals surface area contributed by atoms with Crippen molar-refractivity contribution in [2.24, 2.45) is 0 Å². The highest BCUT2D eigenvalue weighted by Gasteiger charge is 2.16. The van der Waals surface area contributed by atoms with E-state index in [1.807, 2.05) is 54.6 Å². The Morgan fingerprint density at radius 3 is 2.23 bits per heavy atom. The summed E-state index contributed by atoms with van der Waals surface area (Å²) in [5, 5.41) is 20.2. The number of ketones is 1. The normalized spacial score (nSPS) is 10.7. The number of phenols is 2. The van der Waals surface area contributed by atoms with Crippen molar-refractivity contribution < 1.29 is 19.7 Å². The molecule has 0 atom stereocenters. The number of ether oxygens (including phenoxy) is 1. The molecular weight excluding hydrogens is 376 g/mol. The lowest BCUT2D eigenvalue weighted by Gasteiger charge is -2.11. The van der Waals surface area contributed by atoms with Gasteiger partial charge in [-0.3, -0.25) is 4.79 Å². The number of aromatic hydroxyl groups is 2. The van der Waals surface area contributed by atoms with E-state index in [1.165, 1.54) is 6.07 Å². The quantitative estimate of drug-likeness (QED) is 0.314. The van der Waals surface area contributed by atoms with Crippen molar-refractivity contribution in [2.75, 3.05) is 6.61 Å². The van der Waals surface area contributed by atoms with Crippen molar-refractivity contribution in [1.82, 2.24) is 0 Å². The van der Waals surface area contributed by atoms with Gasteiger partial charge in [0.25, 0.3) is 0 Å². The Kier molecular flexibility index (Phi) is 7.50. The van der Waals surface area contributed by atoms with Crippen LogP contribution >= 0.6 is 0 Å². The summed E-state index contributed by atoms with van der Waals surface area (Å²) in [6.07, 6.45) is 4.96. The molecular formula is C26H28O4. The van der Waals surface area contributed by atoms with Gasteiger partial charge in [-0.05, 0) is 47.7 Å². The molecule has 0 heterocycles. The second-order valence-corrected chi connectivity index (χ2v) is 7.41. The van der Waals surface area contributed by atoms with Crippen LogP contribution in [0.3, 0.4) is 0 Å². The van der Waals surface area contributed by atoms with E-state index in [-0.39, 0.29) is 29.5 Å². The number of benzene rings is 3. The van der Waals surface area contributed by atoms with Crippen molar-refractivity contribution in [3.05, 3.63) is 77.9 Å². The monoisotopic (exact) mass is 404 g/mol. The fourth-order valence-corrected chi connectivity index (χ4v) is 3.39. The first-order valence-corrected chi connectivity index (χ1v) is 10.4. The van der Waals surface area contributed by atoms with Gasteiger partial charge in [0.15, 0.2) is 6.61 Å². The number of rotatable bonds is 10. The first-order valence-electron chi connectivity index (χ1n) is 10.4. The number of aryl methyl sites for hydroxylation is 1. The van der Waals surface area contributed by atoms with Crippen molar-refractivity contribution in [3.8, 4) is 28.4 Å². The van der Waals surface area contributed by atoms with Crippen LogP contribution in [0.2, 0.25) is 0 Å². The summed E-state index contributed by atoms with van der Waals surface area (Å²) in [5.41, 5.74) is 3.04. The van der Waals surface area contributed by atoms with Crippen LogP contribution < -0.4 is 4.74 Å².